The summed E-state index contributed by atoms with van der Waals surface area (Å²) in [5, 5.41) is 0.154. The number of hydrogen-bond donors (Lipinski definition) is 0. The first kappa shape index (κ1) is 15.2. The van der Waals surface area contributed by atoms with E-state index in [4.69, 9.17) is 16.3 Å². The Bertz CT molecular complexity index is 636. The molecule has 0 atom stereocenters. The summed E-state index contributed by atoms with van der Waals surface area (Å²) in [4.78, 5) is 23.4. The van der Waals surface area contributed by atoms with Crippen LogP contribution in [0.25, 0.3) is 0 Å². The SMILES string of the molecule is O=C(Cc1c(F)cccc1Cl)OCC(=O)c1ccccc1. The first-order valence-electron chi connectivity index (χ1n) is 6.24. The lowest BCUT2D eigenvalue weighted by atomic mass is 10.1. The molecule has 108 valence electrons. The van der Waals surface area contributed by atoms with Gasteiger partial charge < -0.3 is 4.74 Å². The highest BCUT2D eigenvalue weighted by atomic mass is 35.5. The standard InChI is InChI=1S/C16H12ClFO3/c17-13-7-4-8-14(18)12(13)9-16(20)21-10-15(19)11-5-2-1-3-6-11/h1-8H,9-10H2. The third kappa shape index (κ3) is 4.13. The number of rotatable bonds is 5. The van der Waals surface area contributed by atoms with Crippen LogP contribution in [0.1, 0.15) is 15.9 Å². The first-order chi connectivity index (χ1) is 10.1. The Morgan fingerprint density at radius 2 is 1.76 bits per heavy atom. The number of esters is 1. The van der Waals surface area contributed by atoms with Crippen LogP contribution in [0.5, 0.6) is 0 Å². The van der Waals surface area contributed by atoms with Crippen LogP contribution in [0.3, 0.4) is 0 Å². The maximum absolute atomic E-state index is 13.5. The summed E-state index contributed by atoms with van der Waals surface area (Å²) in [6.45, 7) is -0.380. The Morgan fingerprint density at radius 1 is 1.05 bits per heavy atom. The van der Waals surface area contributed by atoms with Gasteiger partial charge in [-0.25, -0.2) is 4.39 Å². The summed E-state index contributed by atoms with van der Waals surface area (Å²) >= 11 is 5.82. The minimum atomic E-state index is -0.703. The van der Waals surface area contributed by atoms with Gasteiger partial charge in [0.15, 0.2) is 12.4 Å². The summed E-state index contributed by atoms with van der Waals surface area (Å²) in [7, 11) is 0. The molecule has 5 heteroatoms. The van der Waals surface area contributed by atoms with Crippen LogP contribution >= 0.6 is 11.6 Å². The molecular weight excluding hydrogens is 295 g/mol. The van der Waals surface area contributed by atoms with Crippen molar-refractivity contribution in [1.82, 2.24) is 0 Å². The molecule has 2 rings (SSSR count). The molecule has 2 aromatic rings. The molecule has 0 fully saturated rings. The molecule has 0 radical (unpaired) electrons. The van der Waals surface area contributed by atoms with E-state index in [0.717, 1.165) is 0 Å². The second-order valence-electron chi connectivity index (χ2n) is 4.33. The predicted octanol–water partition coefficient (Wildman–Crippen LogP) is 3.45. The van der Waals surface area contributed by atoms with Gasteiger partial charge in [0.1, 0.15) is 5.82 Å². The van der Waals surface area contributed by atoms with Gasteiger partial charge in [0, 0.05) is 16.1 Å². The van der Waals surface area contributed by atoms with E-state index in [2.05, 4.69) is 0 Å². The molecule has 0 N–H and O–H groups in total. The van der Waals surface area contributed by atoms with Crippen LogP contribution in [0.15, 0.2) is 48.5 Å². The zero-order valence-electron chi connectivity index (χ0n) is 11.0. The van der Waals surface area contributed by atoms with Crippen molar-refractivity contribution >= 4 is 23.4 Å². The van der Waals surface area contributed by atoms with Gasteiger partial charge in [-0.15, -0.1) is 0 Å². The molecule has 0 aromatic heterocycles. The van der Waals surface area contributed by atoms with Gasteiger partial charge in [-0.3, -0.25) is 9.59 Å². The van der Waals surface area contributed by atoms with E-state index >= 15 is 0 Å². The molecular formula is C16H12ClFO3. The van der Waals surface area contributed by atoms with E-state index in [1.165, 1.54) is 18.2 Å². The van der Waals surface area contributed by atoms with E-state index in [9.17, 15) is 14.0 Å². The highest BCUT2D eigenvalue weighted by Crippen LogP contribution is 2.19. The van der Waals surface area contributed by atoms with Crippen LogP contribution in [0.2, 0.25) is 5.02 Å². The van der Waals surface area contributed by atoms with Gasteiger partial charge in [-0.05, 0) is 12.1 Å². The summed E-state index contributed by atoms with van der Waals surface area (Å²) in [6.07, 6.45) is -0.312. The molecule has 0 amide bonds. The minimum Gasteiger partial charge on any atom is -0.457 e. The Balaban J connectivity index is 1.92. The number of benzene rings is 2. The molecule has 0 aliphatic rings. The van der Waals surface area contributed by atoms with Crippen molar-refractivity contribution in [3.63, 3.8) is 0 Å². The quantitative estimate of drug-likeness (QED) is 0.628. The van der Waals surface area contributed by atoms with E-state index in [-0.39, 0.29) is 29.4 Å². The van der Waals surface area contributed by atoms with Crippen LogP contribution in [-0.4, -0.2) is 18.4 Å². The van der Waals surface area contributed by atoms with Crippen molar-refractivity contribution < 1.29 is 18.7 Å². The first-order valence-corrected chi connectivity index (χ1v) is 6.62. The molecule has 0 aliphatic carbocycles. The Hall–Kier alpha value is -2.20. The van der Waals surface area contributed by atoms with Gasteiger partial charge >= 0.3 is 5.97 Å². The van der Waals surface area contributed by atoms with E-state index in [0.29, 0.717) is 5.56 Å². The zero-order chi connectivity index (χ0) is 15.2. The number of halogens is 2. The maximum atomic E-state index is 13.5. The van der Waals surface area contributed by atoms with Crippen molar-refractivity contribution in [2.45, 2.75) is 6.42 Å². The van der Waals surface area contributed by atoms with E-state index in [1.807, 2.05) is 0 Å². The molecule has 0 unspecified atom stereocenters. The number of Topliss-reactive ketones (excluding diaryl/α,β-unsaturated/α-hetero) is 1. The topological polar surface area (TPSA) is 43.4 Å². The minimum absolute atomic E-state index is 0.0660. The summed E-state index contributed by atoms with van der Waals surface area (Å²) in [5.41, 5.74) is 0.519. The average molecular weight is 307 g/mol. The second-order valence-corrected chi connectivity index (χ2v) is 4.73. The third-order valence-corrected chi connectivity index (χ3v) is 3.20. The van der Waals surface area contributed by atoms with Crippen molar-refractivity contribution in [2.24, 2.45) is 0 Å². The summed E-state index contributed by atoms with van der Waals surface area (Å²) in [6, 6.07) is 12.6. The van der Waals surface area contributed by atoms with E-state index in [1.54, 1.807) is 30.3 Å². The van der Waals surface area contributed by atoms with Crippen molar-refractivity contribution in [3.05, 3.63) is 70.5 Å². The number of carbonyl (C=O) groups excluding carboxylic acids is 2. The maximum Gasteiger partial charge on any atom is 0.310 e. The number of ether oxygens (including phenoxy) is 1. The van der Waals surface area contributed by atoms with Crippen LogP contribution in [0.4, 0.5) is 4.39 Å². The van der Waals surface area contributed by atoms with Crippen molar-refractivity contribution in [1.29, 1.82) is 0 Å². The molecule has 0 saturated heterocycles. The Labute approximate surface area is 126 Å². The summed E-state index contributed by atoms with van der Waals surface area (Å²) < 4.78 is 18.4. The molecule has 2 aromatic carbocycles. The van der Waals surface area contributed by atoms with Crippen LogP contribution in [-0.2, 0) is 16.0 Å². The number of ketones is 1. The lowest BCUT2D eigenvalue weighted by Crippen LogP contribution is -2.16. The number of carbonyl (C=O) groups is 2. The molecule has 0 spiro atoms. The van der Waals surface area contributed by atoms with E-state index < -0.39 is 11.8 Å². The fourth-order valence-corrected chi connectivity index (χ4v) is 1.98. The fourth-order valence-electron chi connectivity index (χ4n) is 1.75. The van der Waals surface area contributed by atoms with Crippen LogP contribution in [0, 0.1) is 5.82 Å². The second kappa shape index (κ2) is 6.99. The third-order valence-electron chi connectivity index (χ3n) is 2.84. The number of hydrogen-bond acceptors (Lipinski definition) is 3. The highest BCUT2D eigenvalue weighted by molar-refractivity contribution is 6.31. The lowest BCUT2D eigenvalue weighted by Gasteiger charge is -2.06. The highest BCUT2D eigenvalue weighted by Gasteiger charge is 2.14. The Morgan fingerprint density at radius 3 is 2.43 bits per heavy atom. The molecule has 21 heavy (non-hydrogen) atoms. The lowest BCUT2D eigenvalue weighted by molar-refractivity contribution is -0.141. The van der Waals surface area contributed by atoms with Gasteiger partial charge in [0.2, 0.25) is 0 Å². The van der Waals surface area contributed by atoms with Gasteiger partial charge in [-0.2, -0.15) is 0 Å². The largest absolute Gasteiger partial charge is 0.457 e. The monoisotopic (exact) mass is 306 g/mol. The van der Waals surface area contributed by atoms with Gasteiger partial charge in [0.25, 0.3) is 0 Å². The zero-order valence-corrected chi connectivity index (χ0v) is 11.8. The normalized spacial score (nSPS) is 10.2. The van der Waals surface area contributed by atoms with Crippen molar-refractivity contribution in [3.8, 4) is 0 Å². The molecule has 0 heterocycles. The molecule has 0 bridgehead atoms. The summed E-state index contributed by atoms with van der Waals surface area (Å²) in [5.74, 6) is -1.59. The fraction of sp³-hybridized carbons (Fsp3) is 0.125. The van der Waals surface area contributed by atoms with Crippen LogP contribution < -0.4 is 0 Å². The molecule has 3 nitrogen and oxygen atoms in total. The molecule has 0 saturated carbocycles. The smallest absolute Gasteiger partial charge is 0.310 e. The average Bonchev–Trinajstić information content (AvgIpc) is 2.49. The van der Waals surface area contributed by atoms with Crippen molar-refractivity contribution in [2.75, 3.05) is 6.61 Å². The van der Waals surface area contributed by atoms with Gasteiger partial charge in [-0.1, -0.05) is 48.0 Å². The predicted molar refractivity (Wildman–Crippen MR) is 76.8 cm³/mol. The Kier molecular flexibility index (Phi) is 5.06. The molecule has 0 aliphatic heterocycles. The van der Waals surface area contributed by atoms with Gasteiger partial charge in [0.05, 0.1) is 6.42 Å².